The number of anilines is 1. The van der Waals surface area contributed by atoms with E-state index in [1.54, 1.807) is 18.2 Å². The van der Waals surface area contributed by atoms with Crippen molar-refractivity contribution < 1.29 is 14.3 Å². The molecule has 4 N–H and O–H groups in total. The quantitative estimate of drug-likeness (QED) is 0.663. The summed E-state index contributed by atoms with van der Waals surface area (Å²) in [5.41, 5.74) is 7.59. The van der Waals surface area contributed by atoms with Crippen LogP contribution in [0.4, 0.5) is 9.52 Å². The van der Waals surface area contributed by atoms with E-state index in [-0.39, 0.29) is 17.1 Å². The summed E-state index contributed by atoms with van der Waals surface area (Å²) in [5, 5.41) is 15.3. The molecular formula is C17H14FN3O2S. The lowest BCUT2D eigenvalue weighted by atomic mass is 10.1. The van der Waals surface area contributed by atoms with E-state index in [9.17, 15) is 14.3 Å². The molecular weight excluding hydrogens is 329 g/mol. The molecule has 1 amide bonds. The molecule has 122 valence electrons. The van der Waals surface area contributed by atoms with E-state index in [1.807, 2.05) is 5.38 Å². The molecule has 7 heteroatoms. The number of rotatable bonds is 5. The van der Waals surface area contributed by atoms with E-state index in [1.165, 1.54) is 35.6 Å². The van der Waals surface area contributed by atoms with Crippen LogP contribution in [0, 0.1) is 5.82 Å². The third-order valence-corrected chi connectivity index (χ3v) is 4.22. The zero-order valence-corrected chi connectivity index (χ0v) is 13.3. The summed E-state index contributed by atoms with van der Waals surface area (Å²) in [4.78, 5) is 15.7. The number of aromatic nitrogens is 1. The number of nitrogens with one attached hydrogen (secondary N) is 1. The second kappa shape index (κ2) is 6.67. The highest BCUT2D eigenvalue weighted by Gasteiger charge is 2.11. The maximum absolute atomic E-state index is 12.9. The van der Waals surface area contributed by atoms with E-state index in [4.69, 9.17) is 5.73 Å². The van der Waals surface area contributed by atoms with E-state index in [0.717, 1.165) is 5.56 Å². The number of carbonyl (C=O) groups is 1. The number of thiazole rings is 1. The van der Waals surface area contributed by atoms with E-state index in [0.29, 0.717) is 22.9 Å². The summed E-state index contributed by atoms with van der Waals surface area (Å²) >= 11 is 1.41. The number of phenols is 1. The van der Waals surface area contributed by atoms with E-state index < -0.39 is 5.91 Å². The fourth-order valence-electron chi connectivity index (χ4n) is 2.16. The molecule has 24 heavy (non-hydrogen) atoms. The molecule has 0 fully saturated rings. The summed E-state index contributed by atoms with van der Waals surface area (Å²) in [6, 6.07) is 10.8. The fourth-order valence-corrected chi connectivity index (χ4v) is 2.88. The van der Waals surface area contributed by atoms with E-state index >= 15 is 0 Å². The predicted octanol–water partition coefficient (Wildman–Crippen LogP) is 3.37. The summed E-state index contributed by atoms with van der Waals surface area (Å²) < 4.78 is 12.9. The Morgan fingerprint density at radius 3 is 2.71 bits per heavy atom. The van der Waals surface area contributed by atoms with Crippen molar-refractivity contribution >= 4 is 22.4 Å². The van der Waals surface area contributed by atoms with Gasteiger partial charge < -0.3 is 16.2 Å². The van der Waals surface area contributed by atoms with Crippen molar-refractivity contribution in [1.82, 2.24) is 4.98 Å². The van der Waals surface area contributed by atoms with Gasteiger partial charge >= 0.3 is 0 Å². The Bertz CT molecular complexity index is 878. The molecule has 2 aromatic carbocycles. The van der Waals surface area contributed by atoms with Crippen molar-refractivity contribution in [2.45, 2.75) is 6.54 Å². The number of hydrogen-bond acceptors (Lipinski definition) is 5. The summed E-state index contributed by atoms with van der Waals surface area (Å²) in [7, 11) is 0. The zero-order chi connectivity index (χ0) is 17.1. The van der Waals surface area contributed by atoms with Gasteiger partial charge in [-0.3, -0.25) is 4.79 Å². The van der Waals surface area contributed by atoms with Gasteiger partial charge in [-0.2, -0.15) is 0 Å². The minimum absolute atomic E-state index is 0.0568. The van der Waals surface area contributed by atoms with Crippen molar-refractivity contribution in [1.29, 1.82) is 0 Å². The van der Waals surface area contributed by atoms with Crippen molar-refractivity contribution in [2.24, 2.45) is 5.73 Å². The third-order valence-electron chi connectivity index (χ3n) is 3.42. The second-order valence-corrected chi connectivity index (χ2v) is 5.97. The monoisotopic (exact) mass is 343 g/mol. The first kappa shape index (κ1) is 15.9. The Morgan fingerprint density at radius 1 is 1.25 bits per heavy atom. The van der Waals surface area contributed by atoms with Crippen LogP contribution in [0.1, 0.15) is 15.9 Å². The summed E-state index contributed by atoms with van der Waals surface area (Å²) in [5.74, 6) is -1.12. The third kappa shape index (κ3) is 3.52. The van der Waals surface area contributed by atoms with Gasteiger partial charge in [0.05, 0.1) is 11.3 Å². The number of nitrogens with two attached hydrogens (primary N) is 1. The van der Waals surface area contributed by atoms with Gasteiger partial charge in [-0.1, -0.05) is 12.1 Å². The number of nitrogens with zero attached hydrogens (tertiary/aromatic N) is 1. The maximum atomic E-state index is 12.9. The lowest BCUT2D eigenvalue weighted by Gasteiger charge is -2.04. The lowest BCUT2D eigenvalue weighted by molar-refractivity contribution is 0.0998. The number of primary amides is 1. The fraction of sp³-hybridized carbons (Fsp3) is 0.0588. The molecule has 0 spiro atoms. The molecule has 0 aliphatic heterocycles. The van der Waals surface area contributed by atoms with Crippen molar-refractivity contribution in [3.05, 3.63) is 64.8 Å². The largest absolute Gasteiger partial charge is 0.507 e. The van der Waals surface area contributed by atoms with Gasteiger partial charge in [0.25, 0.3) is 5.91 Å². The first-order valence-corrected chi connectivity index (χ1v) is 7.98. The molecule has 0 saturated heterocycles. The SMILES string of the molecule is NC(=O)c1cc(-c2csc(NCc3ccc(F)cc3)n2)ccc1O. The number of aromatic hydroxyl groups is 1. The van der Waals surface area contributed by atoms with Crippen LogP contribution in [0.5, 0.6) is 5.75 Å². The Kier molecular flexibility index (Phi) is 4.43. The maximum Gasteiger partial charge on any atom is 0.252 e. The highest BCUT2D eigenvalue weighted by molar-refractivity contribution is 7.14. The average Bonchev–Trinajstić information content (AvgIpc) is 3.03. The Balaban J connectivity index is 1.74. The molecule has 1 aromatic heterocycles. The molecule has 1 heterocycles. The molecule has 0 unspecified atom stereocenters. The molecule has 3 rings (SSSR count). The van der Waals surface area contributed by atoms with Crippen LogP contribution in [-0.2, 0) is 6.54 Å². The Morgan fingerprint density at radius 2 is 2.00 bits per heavy atom. The van der Waals surface area contributed by atoms with Gasteiger partial charge in [-0.25, -0.2) is 9.37 Å². The molecule has 0 saturated carbocycles. The molecule has 0 aliphatic rings. The average molecular weight is 343 g/mol. The lowest BCUT2D eigenvalue weighted by Crippen LogP contribution is -2.11. The van der Waals surface area contributed by atoms with Crippen LogP contribution in [0.2, 0.25) is 0 Å². The molecule has 0 bridgehead atoms. The van der Waals surface area contributed by atoms with Crippen LogP contribution < -0.4 is 11.1 Å². The number of benzene rings is 2. The highest BCUT2D eigenvalue weighted by Crippen LogP contribution is 2.28. The van der Waals surface area contributed by atoms with Gasteiger partial charge in [0, 0.05) is 17.5 Å². The van der Waals surface area contributed by atoms with Crippen LogP contribution >= 0.6 is 11.3 Å². The summed E-state index contributed by atoms with van der Waals surface area (Å²) in [6.07, 6.45) is 0. The van der Waals surface area contributed by atoms with Crippen molar-refractivity contribution in [3.8, 4) is 17.0 Å². The first-order valence-electron chi connectivity index (χ1n) is 7.10. The first-order chi connectivity index (χ1) is 11.5. The molecule has 0 aliphatic carbocycles. The molecule has 5 nitrogen and oxygen atoms in total. The zero-order valence-electron chi connectivity index (χ0n) is 12.5. The van der Waals surface area contributed by atoms with Crippen LogP contribution in [0.15, 0.2) is 47.8 Å². The molecule has 0 radical (unpaired) electrons. The van der Waals surface area contributed by atoms with Crippen LogP contribution in [0.25, 0.3) is 11.3 Å². The van der Waals surface area contributed by atoms with E-state index in [2.05, 4.69) is 10.3 Å². The topological polar surface area (TPSA) is 88.2 Å². The smallest absolute Gasteiger partial charge is 0.252 e. The van der Waals surface area contributed by atoms with Crippen molar-refractivity contribution in [2.75, 3.05) is 5.32 Å². The Labute approximate surface area is 141 Å². The minimum atomic E-state index is -0.695. The second-order valence-electron chi connectivity index (χ2n) is 5.11. The summed E-state index contributed by atoms with van der Waals surface area (Å²) in [6.45, 7) is 0.523. The molecule has 3 aromatic rings. The number of carbonyl (C=O) groups excluding carboxylic acids is 1. The van der Waals surface area contributed by atoms with Gasteiger partial charge in [-0.05, 0) is 35.9 Å². The standard InChI is InChI=1S/C17H14FN3O2S/c18-12-4-1-10(2-5-12)8-20-17-21-14(9-24-17)11-3-6-15(22)13(7-11)16(19)23/h1-7,9,22H,8H2,(H2,19,23)(H,20,21). The minimum Gasteiger partial charge on any atom is -0.507 e. The van der Waals surface area contributed by atoms with Crippen LogP contribution in [0.3, 0.4) is 0 Å². The number of amides is 1. The predicted molar refractivity (Wildman–Crippen MR) is 91.5 cm³/mol. The number of hydrogen-bond donors (Lipinski definition) is 3. The van der Waals surface area contributed by atoms with Gasteiger partial charge in [0.15, 0.2) is 5.13 Å². The normalized spacial score (nSPS) is 10.5. The molecule has 0 atom stereocenters. The van der Waals surface area contributed by atoms with Crippen molar-refractivity contribution in [3.63, 3.8) is 0 Å². The van der Waals surface area contributed by atoms with Crippen LogP contribution in [-0.4, -0.2) is 16.0 Å². The van der Waals surface area contributed by atoms with Gasteiger partial charge in [0.1, 0.15) is 11.6 Å². The number of halogens is 1. The van der Waals surface area contributed by atoms with Gasteiger partial charge in [-0.15, -0.1) is 11.3 Å². The Hall–Kier alpha value is -2.93. The van der Waals surface area contributed by atoms with Gasteiger partial charge in [0.2, 0.25) is 0 Å². The highest BCUT2D eigenvalue weighted by atomic mass is 32.1.